The number of methoxy groups -OCH3 is 1. The van der Waals surface area contributed by atoms with Crippen LogP contribution in [0.3, 0.4) is 0 Å². The van der Waals surface area contributed by atoms with Gasteiger partial charge in [0.1, 0.15) is 5.75 Å². The zero-order valence-electron chi connectivity index (χ0n) is 15.8. The van der Waals surface area contributed by atoms with Crippen LogP contribution in [0.15, 0.2) is 88.7 Å². The van der Waals surface area contributed by atoms with Gasteiger partial charge in [-0.05, 0) is 42.5 Å². The second-order valence-corrected chi connectivity index (χ2v) is 6.88. The van der Waals surface area contributed by atoms with Crippen molar-refractivity contribution in [2.75, 3.05) is 12.4 Å². The van der Waals surface area contributed by atoms with Gasteiger partial charge in [0.25, 0.3) is 5.91 Å². The molecule has 2 N–H and O–H groups in total. The number of anilines is 1. The number of carbonyl (C=O) groups excluding carboxylic acids is 1. The van der Waals surface area contributed by atoms with Crippen LogP contribution < -0.4 is 10.1 Å². The fourth-order valence-corrected chi connectivity index (χ4v) is 2.80. The van der Waals surface area contributed by atoms with Crippen molar-refractivity contribution in [1.82, 2.24) is 0 Å². The number of azo groups is 1. The van der Waals surface area contributed by atoms with E-state index in [9.17, 15) is 9.90 Å². The molecule has 3 rings (SSSR count). The van der Waals surface area contributed by atoms with Crippen LogP contribution >= 0.6 is 23.2 Å². The molecule has 6 nitrogen and oxygen atoms in total. The van der Waals surface area contributed by atoms with E-state index in [-0.39, 0.29) is 17.1 Å². The van der Waals surface area contributed by atoms with Crippen LogP contribution in [0.25, 0.3) is 5.76 Å². The molecule has 0 aliphatic rings. The number of amides is 1. The molecule has 0 unspecified atom stereocenters. The Kier molecular flexibility index (Phi) is 7.06. The molecule has 1 amide bonds. The van der Waals surface area contributed by atoms with Gasteiger partial charge in [0.05, 0.1) is 23.5 Å². The molecule has 0 aromatic heterocycles. The third-order valence-electron chi connectivity index (χ3n) is 4.00. The summed E-state index contributed by atoms with van der Waals surface area (Å²) in [7, 11) is 1.56. The lowest BCUT2D eigenvalue weighted by Crippen LogP contribution is -2.15. The second-order valence-electron chi connectivity index (χ2n) is 6.04. The van der Waals surface area contributed by atoms with Crippen LogP contribution in [-0.2, 0) is 4.79 Å². The molecule has 0 aliphatic carbocycles. The number of nitrogens with zero attached hydrogens (tertiary/aromatic N) is 2. The van der Waals surface area contributed by atoms with E-state index in [1.54, 1.807) is 73.8 Å². The van der Waals surface area contributed by atoms with Gasteiger partial charge in [-0.25, -0.2) is 0 Å². The number of hydrogen-bond acceptors (Lipinski definition) is 5. The van der Waals surface area contributed by atoms with Gasteiger partial charge in [0.2, 0.25) is 0 Å². The zero-order chi connectivity index (χ0) is 21.5. The Morgan fingerprint density at radius 2 is 1.70 bits per heavy atom. The van der Waals surface area contributed by atoms with E-state index < -0.39 is 5.91 Å². The summed E-state index contributed by atoms with van der Waals surface area (Å²) in [5, 5.41) is 22.1. The summed E-state index contributed by atoms with van der Waals surface area (Å²) < 4.78 is 5.11. The molecule has 0 aliphatic heterocycles. The first-order chi connectivity index (χ1) is 14.5. The average molecular weight is 442 g/mol. The molecular formula is C22H17Cl2N3O3. The Morgan fingerprint density at radius 1 is 1.00 bits per heavy atom. The lowest BCUT2D eigenvalue weighted by molar-refractivity contribution is -0.112. The summed E-state index contributed by atoms with van der Waals surface area (Å²) in [6, 6.07) is 20.0. The third kappa shape index (κ3) is 5.37. The summed E-state index contributed by atoms with van der Waals surface area (Å²) in [5.41, 5.74) is 0.886. The first kappa shape index (κ1) is 21.4. The molecule has 0 heterocycles. The monoisotopic (exact) mass is 441 g/mol. The number of halogens is 2. The summed E-state index contributed by atoms with van der Waals surface area (Å²) in [5.74, 6) is -0.369. The van der Waals surface area contributed by atoms with Gasteiger partial charge < -0.3 is 15.2 Å². The predicted octanol–water partition coefficient (Wildman–Crippen LogP) is 6.65. The van der Waals surface area contributed by atoms with Gasteiger partial charge in [-0.2, -0.15) is 5.11 Å². The van der Waals surface area contributed by atoms with Gasteiger partial charge in [-0.15, -0.1) is 5.11 Å². The number of hydrogen-bond donors (Lipinski definition) is 2. The summed E-state index contributed by atoms with van der Waals surface area (Å²) in [4.78, 5) is 12.9. The lowest BCUT2D eigenvalue weighted by atomic mass is 10.1. The van der Waals surface area contributed by atoms with Crippen molar-refractivity contribution in [3.63, 3.8) is 0 Å². The fraction of sp³-hybridized carbons (Fsp3) is 0.0455. The normalized spacial score (nSPS) is 11.8. The van der Waals surface area contributed by atoms with Crippen molar-refractivity contribution in [2.45, 2.75) is 0 Å². The van der Waals surface area contributed by atoms with Crippen LogP contribution in [-0.4, -0.2) is 18.1 Å². The lowest BCUT2D eigenvalue weighted by Gasteiger charge is -2.09. The number of carbonyl (C=O) groups is 1. The SMILES string of the molecule is COc1ccc(N=N/C(C(=O)Nc2cc(Cl)ccc2Cl)=C(/O)c2ccccc2)cc1. The number of aliphatic hydroxyl groups excluding tert-OH is 1. The van der Waals surface area contributed by atoms with Crippen molar-refractivity contribution >= 4 is 46.2 Å². The highest BCUT2D eigenvalue weighted by Gasteiger charge is 2.18. The summed E-state index contributed by atoms with van der Waals surface area (Å²) in [6.45, 7) is 0. The highest BCUT2D eigenvalue weighted by atomic mass is 35.5. The second kappa shape index (κ2) is 9.91. The molecule has 0 saturated carbocycles. The van der Waals surface area contributed by atoms with E-state index in [0.717, 1.165) is 0 Å². The molecule has 152 valence electrons. The molecule has 3 aromatic carbocycles. The standard InChI is InChI=1S/C22H17Cl2N3O3/c1-30-17-10-8-16(9-11-17)26-27-20(21(28)14-5-3-2-4-6-14)22(29)25-19-13-15(23)7-12-18(19)24/h2-13,28H,1H3,(H,25,29)/b21-20+,27-26?. The van der Waals surface area contributed by atoms with Gasteiger partial charge in [0.15, 0.2) is 11.5 Å². The zero-order valence-corrected chi connectivity index (χ0v) is 17.4. The van der Waals surface area contributed by atoms with Crippen molar-refractivity contribution in [2.24, 2.45) is 10.2 Å². The molecule has 3 aromatic rings. The Balaban J connectivity index is 1.97. The minimum absolute atomic E-state index is 0.284. The molecule has 0 bridgehead atoms. The predicted molar refractivity (Wildman–Crippen MR) is 119 cm³/mol. The number of aliphatic hydroxyl groups is 1. The number of rotatable bonds is 6. The van der Waals surface area contributed by atoms with E-state index in [0.29, 0.717) is 27.0 Å². The van der Waals surface area contributed by atoms with Crippen molar-refractivity contribution < 1.29 is 14.6 Å². The van der Waals surface area contributed by atoms with Crippen LogP contribution in [0.4, 0.5) is 11.4 Å². The molecule has 0 radical (unpaired) electrons. The van der Waals surface area contributed by atoms with E-state index >= 15 is 0 Å². The van der Waals surface area contributed by atoms with Gasteiger partial charge in [-0.3, -0.25) is 4.79 Å². The number of benzene rings is 3. The molecule has 30 heavy (non-hydrogen) atoms. The first-order valence-electron chi connectivity index (χ1n) is 8.79. The van der Waals surface area contributed by atoms with Crippen molar-refractivity contribution in [3.05, 3.63) is 94.1 Å². The van der Waals surface area contributed by atoms with E-state index in [1.165, 1.54) is 6.07 Å². The topological polar surface area (TPSA) is 83.3 Å². The van der Waals surface area contributed by atoms with Crippen molar-refractivity contribution in [3.8, 4) is 5.75 Å². The highest BCUT2D eigenvalue weighted by molar-refractivity contribution is 6.36. The molecule has 0 atom stereocenters. The fourth-order valence-electron chi connectivity index (χ4n) is 2.46. The van der Waals surface area contributed by atoms with E-state index in [2.05, 4.69) is 15.5 Å². The Bertz CT molecular complexity index is 1100. The largest absolute Gasteiger partial charge is 0.505 e. The van der Waals surface area contributed by atoms with Crippen LogP contribution in [0, 0.1) is 0 Å². The summed E-state index contributed by atoms with van der Waals surface area (Å²) >= 11 is 12.1. The molecule has 0 spiro atoms. The third-order valence-corrected chi connectivity index (χ3v) is 4.57. The minimum Gasteiger partial charge on any atom is -0.505 e. The van der Waals surface area contributed by atoms with Crippen LogP contribution in [0.5, 0.6) is 5.75 Å². The maximum Gasteiger partial charge on any atom is 0.280 e. The maximum atomic E-state index is 12.9. The maximum absolute atomic E-state index is 12.9. The first-order valence-corrected chi connectivity index (χ1v) is 9.54. The molecule has 0 saturated heterocycles. The number of nitrogens with one attached hydrogen (secondary N) is 1. The Labute approximate surface area is 183 Å². The quantitative estimate of drug-likeness (QED) is 0.255. The smallest absolute Gasteiger partial charge is 0.280 e. The molecule has 8 heteroatoms. The molecular weight excluding hydrogens is 425 g/mol. The highest BCUT2D eigenvalue weighted by Crippen LogP contribution is 2.27. The van der Waals surface area contributed by atoms with Gasteiger partial charge >= 0.3 is 0 Å². The van der Waals surface area contributed by atoms with Crippen LogP contribution in [0.2, 0.25) is 10.0 Å². The average Bonchev–Trinajstić information content (AvgIpc) is 2.77. The summed E-state index contributed by atoms with van der Waals surface area (Å²) in [6.07, 6.45) is 0. The number of ether oxygens (including phenoxy) is 1. The van der Waals surface area contributed by atoms with Gasteiger partial charge in [-0.1, -0.05) is 53.5 Å². The van der Waals surface area contributed by atoms with Crippen LogP contribution in [0.1, 0.15) is 5.56 Å². The van der Waals surface area contributed by atoms with Crippen molar-refractivity contribution in [1.29, 1.82) is 0 Å². The van der Waals surface area contributed by atoms with Gasteiger partial charge in [0, 0.05) is 10.6 Å². The van der Waals surface area contributed by atoms with E-state index in [4.69, 9.17) is 27.9 Å². The minimum atomic E-state index is -0.696. The molecule has 0 fully saturated rings. The Hall–Kier alpha value is -3.35. The van der Waals surface area contributed by atoms with E-state index in [1.807, 2.05) is 0 Å². The Morgan fingerprint density at radius 3 is 2.37 bits per heavy atom.